The van der Waals surface area contributed by atoms with Crippen LogP contribution in [0.15, 0.2) is 0 Å². The Morgan fingerprint density at radius 2 is 2.08 bits per heavy atom. The topological polar surface area (TPSA) is 29.1 Å². The summed E-state index contributed by atoms with van der Waals surface area (Å²) in [6.07, 6.45) is 1.41. The third-order valence-electron chi connectivity index (χ3n) is 2.77. The smallest absolute Gasteiger partial charge is 0.136 e. The summed E-state index contributed by atoms with van der Waals surface area (Å²) in [6.45, 7) is 7.30. The van der Waals surface area contributed by atoms with Crippen LogP contribution < -0.4 is 5.32 Å². The molecule has 1 aliphatic heterocycles. The Labute approximate surface area is 80.5 Å². The number of piperidine rings is 1. The van der Waals surface area contributed by atoms with E-state index >= 15 is 0 Å². The van der Waals surface area contributed by atoms with Crippen molar-refractivity contribution in [3.8, 4) is 0 Å². The second-order valence-electron chi connectivity index (χ2n) is 3.96. The summed E-state index contributed by atoms with van der Waals surface area (Å²) in [5.41, 5.74) is 0.0509. The van der Waals surface area contributed by atoms with Gasteiger partial charge in [0.05, 0.1) is 0 Å². The Morgan fingerprint density at radius 1 is 1.50 bits per heavy atom. The highest BCUT2D eigenvalue weighted by atomic mass is 35.5. The number of carbonyl (C=O) groups is 1. The van der Waals surface area contributed by atoms with Gasteiger partial charge < -0.3 is 5.32 Å². The number of rotatable bonds is 1. The van der Waals surface area contributed by atoms with Gasteiger partial charge in [0.25, 0.3) is 0 Å². The molecule has 1 unspecified atom stereocenters. The molecule has 1 N–H and O–H groups in total. The summed E-state index contributed by atoms with van der Waals surface area (Å²) in [5.74, 6) is 0.937. The first-order chi connectivity index (χ1) is 5.04. The Hall–Kier alpha value is -0.0800. The van der Waals surface area contributed by atoms with Crippen LogP contribution in [0.5, 0.6) is 0 Å². The zero-order valence-corrected chi connectivity index (χ0v) is 8.83. The van der Waals surface area contributed by atoms with E-state index in [0.717, 1.165) is 6.54 Å². The maximum absolute atomic E-state index is 11.1. The summed E-state index contributed by atoms with van der Waals surface area (Å²) in [4.78, 5) is 11.1. The van der Waals surface area contributed by atoms with Crippen molar-refractivity contribution in [3.05, 3.63) is 0 Å². The average Bonchev–Trinajstić information content (AvgIpc) is 1.86. The van der Waals surface area contributed by atoms with Gasteiger partial charge in [-0.15, -0.1) is 12.4 Å². The summed E-state index contributed by atoms with van der Waals surface area (Å²) in [6, 6.07) is 0. The molecule has 0 aromatic carbocycles. The monoisotopic (exact) mass is 191 g/mol. The maximum Gasteiger partial charge on any atom is 0.136 e. The van der Waals surface area contributed by atoms with Gasteiger partial charge in [0.15, 0.2) is 0 Å². The third kappa shape index (κ3) is 2.46. The highest BCUT2D eigenvalue weighted by molar-refractivity contribution is 5.85. The van der Waals surface area contributed by atoms with E-state index in [1.807, 2.05) is 0 Å². The molecule has 0 radical (unpaired) electrons. The van der Waals surface area contributed by atoms with Gasteiger partial charge in [-0.2, -0.15) is 0 Å². The zero-order valence-electron chi connectivity index (χ0n) is 8.02. The van der Waals surface area contributed by atoms with E-state index in [2.05, 4.69) is 26.1 Å². The van der Waals surface area contributed by atoms with E-state index in [9.17, 15) is 4.79 Å². The SMILES string of the molecule is CC(C)C1(C)CC(=O)CCN1.Cl. The highest BCUT2D eigenvalue weighted by Crippen LogP contribution is 2.24. The fourth-order valence-corrected chi connectivity index (χ4v) is 1.46. The van der Waals surface area contributed by atoms with Gasteiger partial charge in [-0.3, -0.25) is 4.79 Å². The molecular formula is C9H18ClNO. The molecule has 0 saturated carbocycles. The van der Waals surface area contributed by atoms with Crippen LogP contribution in [0.2, 0.25) is 0 Å². The normalized spacial score (nSPS) is 30.2. The third-order valence-corrected chi connectivity index (χ3v) is 2.77. The fraction of sp³-hybridized carbons (Fsp3) is 0.889. The van der Waals surface area contributed by atoms with E-state index in [1.165, 1.54) is 0 Å². The molecule has 1 rings (SSSR count). The lowest BCUT2D eigenvalue weighted by Gasteiger charge is -2.37. The molecule has 12 heavy (non-hydrogen) atoms. The van der Waals surface area contributed by atoms with Crippen molar-refractivity contribution in [2.45, 2.75) is 39.2 Å². The van der Waals surface area contributed by atoms with Gasteiger partial charge >= 0.3 is 0 Å². The number of Topliss-reactive ketones (excluding diaryl/α,β-unsaturated/α-hetero) is 1. The lowest BCUT2D eigenvalue weighted by atomic mass is 9.81. The van der Waals surface area contributed by atoms with Crippen LogP contribution in [-0.4, -0.2) is 17.9 Å². The Bertz CT molecular complexity index is 170. The van der Waals surface area contributed by atoms with Gasteiger partial charge in [-0.25, -0.2) is 0 Å². The Morgan fingerprint density at radius 3 is 2.42 bits per heavy atom. The van der Waals surface area contributed by atoms with Crippen LogP contribution >= 0.6 is 12.4 Å². The molecule has 0 spiro atoms. The van der Waals surface area contributed by atoms with Crippen LogP contribution in [0, 0.1) is 5.92 Å². The highest BCUT2D eigenvalue weighted by Gasteiger charge is 2.33. The average molecular weight is 192 g/mol. The standard InChI is InChI=1S/C9H17NO.ClH/c1-7(2)9(3)6-8(11)4-5-10-9;/h7,10H,4-6H2,1-3H3;1H. The molecule has 1 fully saturated rings. The molecule has 72 valence electrons. The first-order valence-electron chi connectivity index (χ1n) is 4.31. The largest absolute Gasteiger partial charge is 0.310 e. The van der Waals surface area contributed by atoms with Crippen molar-refractivity contribution >= 4 is 18.2 Å². The Balaban J connectivity index is 0.00000121. The minimum Gasteiger partial charge on any atom is -0.310 e. The molecule has 1 heterocycles. The van der Waals surface area contributed by atoms with Crippen molar-refractivity contribution in [3.63, 3.8) is 0 Å². The molecule has 1 atom stereocenters. The van der Waals surface area contributed by atoms with Gasteiger partial charge in [-0.1, -0.05) is 13.8 Å². The molecule has 0 aliphatic carbocycles. The van der Waals surface area contributed by atoms with E-state index in [-0.39, 0.29) is 17.9 Å². The predicted octanol–water partition coefficient (Wildman–Crippen LogP) is 1.78. The molecule has 3 heteroatoms. The number of hydrogen-bond donors (Lipinski definition) is 1. The molecule has 0 amide bonds. The van der Waals surface area contributed by atoms with E-state index in [0.29, 0.717) is 24.5 Å². The van der Waals surface area contributed by atoms with Gasteiger partial charge in [0.2, 0.25) is 0 Å². The van der Waals surface area contributed by atoms with Gasteiger partial charge in [0, 0.05) is 24.9 Å². The van der Waals surface area contributed by atoms with Crippen molar-refractivity contribution in [1.82, 2.24) is 5.32 Å². The molecule has 1 saturated heterocycles. The van der Waals surface area contributed by atoms with Crippen LogP contribution in [0.1, 0.15) is 33.6 Å². The summed E-state index contributed by atoms with van der Waals surface area (Å²) >= 11 is 0. The second kappa shape index (κ2) is 4.24. The first-order valence-corrected chi connectivity index (χ1v) is 4.31. The van der Waals surface area contributed by atoms with Crippen LogP contribution in [0.4, 0.5) is 0 Å². The van der Waals surface area contributed by atoms with Crippen molar-refractivity contribution < 1.29 is 4.79 Å². The summed E-state index contributed by atoms with van der Waals surface area (Å²) < 4.78 is 0. The fourth-order valence-electron chi connectivity index (χ4n) is 1.46. The van der Waals surface area contributed by atoms with Crippen LogP contribution in [0.25, 0.3) is 0 Å². The quantitative estimate of drug-likeness (QED) is 0.685. The van der Waals surface area contributed by atoms with E-state index in [1.54, 1.807) is 0 Å². The molecule has 0 bridgehead atoms. The van der Waals surface area contributed by atoms with Crippen LogP contribution in [-0.2, 0) is 4.79 Å². The number of nitrogens with one attached hydrogen (secondary N) is 1. The molecule has 1 aliphatic rings. The molecule has 0 aromatic rings. The molecule has 0 aromatic heterocycles. The Kier molecular flexibility index (Phi) is 4.21. The number of ketones is 1. The summed E-state index contributed by atoms with van der Waals surface area (Å²) in [7, 11) is 0. The zero-order chi connectivity index (χ0) is 8.48. The predicted molar refractivity (Wildman–Crippen MR) is 52.7 cm³/mol. The number of hydrogen-bond acceptors (Lipinski definition) is 2. The first kappa shape index (κ1) is 11.9. The lowest BCUT2D eigenvalue weighted by Crippen LogP contribution is -2.52. The number of carbonyl (C=O) groups excluding carboxylic acids is 1. The number of halogens is 1. The van der Waals surface area contributed by atoms with E-state index < -0.39 is 0 Å². The minimum atomic E-state index is 0. The molecular weight excluding hydrogens is 174 g/mol. The van der Waals surface area contributed by atoms with Gasteiger partial charge in [0.1, 0.15) is 5.78 Å². The lowest BCUT2D eigenvalue weighted by molar-refractivity contribution is -0.122. The van der Waals surface area contributed by atoms with Gasteiger partial charge in [-0.05, 0) is 12.8 Å². The van der Waals surface area contributed by atoms with Crippen molar-refractivity contribution in [2.24, 2.45) is 5.92 Å². The van der Waals surface area contributed by atoms with Crippen molar-refractivity contribution in [1.29, 1.82) is 0 Å². The van der Waals surface area contributed by atoms with Crippen molar-refractivity contribution in [2.75, 3.05) is 6.54 Å². The van der Waals surface area contributed by atoms with E-state index in [4.69, 9.17) is 0 Å². The maximum atomic E-state index is 11.1. The molecule has 2 nitrogen and oxygen atoms in total. The van der Waals surface area contributed by atoms with Crippen LogP contribution in [0.3, 0.4) is 0 Å². The minimum absolute atomic E-state index is 0. The second-order valence-corrected chi connectivity index (χ2v) is 3.96. The summed E-state index contributed by atoms with van der Waals surface area (Å²) in [5, 5.41) is 3.40.